The lowest BCUT2D eigenvalue weighted by Gasteiger charge is -2.41. The molecule has 0 N–H and O–H groups in total. The molecule has 0 aromatic carbocycles. The molecule has 0 aromatic rings. The maximum absolute atomic E-state index is 12.3. The highest BCUT2D eigenvalue weighted by Gasteiger charge is 2.48. The Morgan fingerprint density at radius 2 is 1.00 bits per heavy atom. The van der Waals surface area contributed by atoms with E-state index >= 15 is 0 Å². The van der Waals surface area contributed by atoms with E-state index in [4.69, 9.17) is 0 Å². The van der Waals surface area contributed by atoms with Gasteiger partial charge in [-0.2, -0.15) is 0 Å². The molecule has 0 atom stereocenters. The van der Waals surface area contributed by atoms with Crippen LogP contribution in [-0.4, -0.2) is 83.8 Å². The number of hydrogen-bond donors (Lipinski definition) is 0. The molecule has 33 heavy (non-hydrogen) atoms. The van der Waals surface area contributed by atoms with Gasteiger partial charge in [0.2, 0.25) is 17.7 Å². The summed E-state index contributed by atoms with van der Waals surface area (Å²) in [6.45, 7) is 18.3. The number of carbonyl (C=O) groups excluding carboxylic acids is 3. The number of alkyl halides is 3. The molecule has 0 saturated carbocycles. The fourth-order valence-corrected chi connectivity index (χ4v) is 3.19. The van der Waals surface area contributed by atoms with Crippen LogP contribution in [0.1, 0.15) is 68.7 Å². The number of nitrogens with zero attached hydrogens (tertiary/aromatic N) is 3. The Bertz CT molecular complexity index is 703. The van der Waals surface area contributed by atoms with Gasteiger partial charge < -0.3 is 14.7 Å². The topological polar surface area (TPSA) is 60.9 Å². The van der Waals surface area contributed by atoms with Gasteiger partial charge in [0.25, 0.3) is 5.92 Å². The Balaban J connectivity index is 0.000000249. The van der Waals surface area contributed by atoms with Gasteiger partial charge in [0, 0.05) is 29.3 Å². The summed E-state index contributed by atoms with van der Waals surface area (Å²) in [6, 6.07) is 0. The van der Waals surface area contributed by atoms with Crippen LogP contribution in [0.15, 0.2) is 0 Å². The predicted molar refractivity (Wildman–Crippen MR) is 123 cm³/mol. The number of rotatable bonds is 0. The standard InChI is InChI=1S/C8H13F2NO.C8H14FNO.C8H15NO/c1-7(2,3)6(12)11-4-8(9,10)5-11;1-8(2,3)7(11)10-4-6(9)5-10;1-8(2,3)7(10)9-5-4-6-9/h4-5H2,1-3H3;6H,4-5H2,1-3H3;4-6H2,1-3H3. The first kappa shape index (κ1) is 29.2. The van der Waals surface area contributed by atoms with Crippen LogP contribution in [0.4, 0.5) is 13.2 Å². The highest BCUT2D eigenvalue weighted by Crippen LogP contribution is 2.30. The normalized spacial score (nSPS) is 20.2. The zero-order valence-corrected chi connectivity index (χ0v) is 21.7. The molecular weight excluding hydrogens is 435 g/mol. The summed E-state index contributed by atoms with van der Waals surface area (Å²) >= 11 is 0. The molecule has 0 aliphatic carbocycles. The molecular formula is C24H42F3N3O3. The Kier molecular flexibility index (Phi) is 9.05. The summed E-state index contributed by atoms with van der Waals surface area (Å²) in [6.07, 6.45) is 0.392. The Hall–Kier alpha value is -1.80. The summed E-state index contributed by atoms with van der Waals surface area (Å²) in [5.41, 5.74) is -1.09. The molecule has 0 unspecified atom stereocenters. The van der Waals surface area contributed by atoms with Gasteiger partial charge in [-0.05, 0) is 6.42 Å². The Morgan fingerprint density at radius 3 is 1.21 bits per heavy atom. The van der Waals surface area contributed by atoms with E-state index < -0.39 is 30.6 Å². The lowest BCUT2D eigenvalue weighted by atomic mass is 9.92. The van der Waals surface area contributed by atoms with E-state index in [0.717, 1.165) is 13.1 Å². The maximum atomic E-state index is 12.3. The van der Waals surface area contributed by atoms with Crippen molar-refractivity contribution in [3.8, 4) is 0 Å². The zero-order valence-electron chi connectivity index (χ0n) is 21.7. The molecule has 192 valence electrons. The lowest BCUT2D eigenvalue weighted by Crippen LogP contribution is -2.60. The van der Waals surface area contributed by atoms with E-state index in [9.17, 15) is 27.6 Å². The average Bonchev–Trinajstić information content (AvgIpc) is 2.52. The van der Waals surface area contributed by atoms with E-state index in [1.807, 2.05) is 46.4 Å². The van der Waals surface area contributed by atoms with E-state index in [2.05, 4.69) is 0 Å². The van der Waals surface area contributed by atoms with Crippen molar-refractivity contribution in [1.29, 1.82) is 0 Å². The van der Waals surface area contributed by atoms with Crippen LogP contribution in [0.25, 0.3) is 0 Å². The van der Waals surface area contributed by atoms with Crippen molar-refractivity contribution >= 4 is 17.7 Å². The Labute approximate surface area is 196 Å². The second-order valence-corrected chi connectivity index (χ2v) is 12.2. The quantitative estimate of drug-likeness (QED) is 0.530. The third-order valence-corrected chi connectivity index (χ3v) is 5.32. The van der Waals surface area contributed by atoms with Crippen molar-refractivity contribution in [2.75, 3.05) is 39.3 Å². The first-order valence-electron chi connectivity index (χ1n) is 11.6. The van der Waals surface area contributed by atoms with E-state index in [1.54, 1.807) is 25.7 Å². The molecule has 3 amide bonds. The van der Waals surface area contributed by atoms with Gasteiger partial charge in [-0.3, -0.25) is 14.4 Å². The molecule has 3 heterocycles. The van der Waals surface area contributed by atoms with Gasteiger partial charge in [0.05, 0.1) is 26.2 Å². The molecule has 3 aliphatic heterocycles. The minimum Gasteiger partial charge on any atom is -0.342 e. The highest BCUT2D eigenvalue weighted by atomic mass is 19.3. The molecule has 0 radical (unpaired) electrons. The number of carbonyl (C=O) groups is 3. The smallest absolute Gasteiger partial charge is 0.282 e. The third kappa shape index (κ3) is 8.81. The summed E-state index contributed by atoms with van der Waals surface area (Å²) in [7, 11) is 0. The van der Waals surface area contributed by atoms with Crippen molar-refractivity contribution in [3.63, 3.8) is 0 Å². The van der Waals surface area contributed by atoms with Crippen LogP contribution in [-0.2, 0) is 14.4 Å². The summed E-state index contributed by atoms with van der Waals surface area (Å²) in [5, 5.41) is 0. The first-order valence-corrected chi connectivity index (χ1v) is 11.6. The number of amides is 3. The van der Waals surface area contributed by atoms with Gasteiger partial charge in [-0.15, -0.1) is 0 Å². The van der Waals surface area contributed by atoms with Crippen molar-refractivity contribution < 1.29 is 27.6 Å². The van der Waals surface area contributed by atoms with Crippen LogP contribution >= 0.6 is 0 Å². The molecule has 0 spiro atoms. The minimum atomic E-state index is -2.65. The monoisotopic (exact) mass is 477 g/mol. The van der Waals surface area contributed by atoms with Gasteiger partial charge in [0.15, 0.2) is 0 Å². The molecule has 3 rings (SSSR count). The van der Waals surface area contributed by atoms with E-state index in [1.165, 1.54) is 11.3 Å². The lowest BCUT2D eigenvalue weighted by molar-refractivity contribution is -0.173. The SMILES string of the molecule is CC(C)(C)C(=O)N1CC(F)(F)C1.CC(C)(C)C(=O)N1CC(F)C1.CC(C)(C)C(=O)N1CCC1. The summed E-state index contributed by atoms with van der Waals surface area (Å²) in [4.78, 5) is 38.7. The van der Waals surface area contributed by atoms with Gasteiger partial charge in [0.1, 0.15) is 6.17 Å². The molecule has 9 heteroatoms. The second kappa shape index (κ2) is 10.2. The van der Waals surface area contributed by atoms with Gasteiger partial charge in [-0.1, -0.05) is 62.3 Å². The van der Waals surface area contributed by atoms with Crippen LogP contribution in [0.3, 0.4) is 0 Å². The van der Waals surface area contributed by atoms with E-state index in [0.29, 0.717) is 5.91 Å². The van der Waals surface area contributed by atoms with Crippen LogP contribution < -0.4 is 0 Å². The van der Waals surface area contributed by atoms with Crippen molar-refractivity contribution in [1.82, 2.24) is 14.7 Å². The summed E-state index contributed by atoms with van der Waals surface area (Å²) in [5.74, 6) is -2.51. The zero-order chi connectivity index (χ0) is 26.0. The molecule has 6 nitrogen and oxygen atoms in total. The largest absolute Gasteiger partial charge is 0.342 e. The van der Waals surface area contributed by atoms with Crippen molar-refractivity contribution in [2.24, 2.45) is 16.2 Å². The van der Waals surface area contributed by atoms with Gasteiger partial charge >= 0.3 is 0 Å². The van der Waals surface area contributed by atoms with Crippen LogP contribution in [0.2, 0.25) is 0 Å². The van der Waals surface area contributed by atoms with Crippen molar-refractivity contribution in [2.45, 2.75) is 80.8 Å². The fraction of sp³-hybridized carbons (Fsp3) is 0.875. The third-order valence-electron chi connectivity index (χ3n) is 5.32. The Morgan fingerprint density at radius 1 is 0.667 bits per heavy atom. The molecule has 3 saturated heterocycles. The van der Waals surface area contributed by atoms with Crippen LogP contribution in [0, 0.1) is 16.2 Å². The number of halogens is 3. The molecule has 3 aliphatic rings. The van der Waals surface area contributed by atoms with Crippen LogP contribution in [0.5, 0.6) is 0 Å². The fourth-order valence-electron chi connectivity index (χ4n) is 3.19. The number of likely N-dealkylation sites (tertiary alicyclic amines) is 3. The van der Waals surface area contributed by atoms with Crippen molar-refractivity contribution in [3.05, 3.63) is 0 Å². The predicted octanol–water partition coefficient (Wildman–Crippen LogP) is 3.99. The minimum absolute atomic E-state index is 0.0476. The molecule has 0 aromatic heterocycles. The first-order chi connectivity index (χ1) is 14.6. The molecule has 0 bridgehead atoms. The van der Waals surface area contributed by atoms with E-state index in [-0.39, 0.29) is 35.7 Å². The maximum Gasteiger partial charge on any atom is 0.282 e. The second-order valence-electron chi connectivity index (χ2n) is 12.2. The average molecular weight is 478 g/mol. The summed E-state index contributed by atoms with van der Waals surface area (Å²) < 4.78 is 37.0. The number of hydrogen-bond acceptors (Lipinski definition) is 3. The molecule has 3 fully saturated rings. The van der Waals surface area contributed by atoms with Gasteiger partial charge in [-0.25, -0.2) is 13.2 Å². The highest BCUT2D eigenvalue weighted by molar-refractivity contribution is 5.83.